The fourth-order valence-electron chi connectivity index (χ4n) is 1.42. The first-order valence-corrected chi connectivity index (χ1v) is 4.16. The highest BCUT2D eigenvalue weighted by atomic mass is 15.2. The van der Waals surface area contributed by atoms with Crippen molar-refractivity contribution in [2.24, 2.45) is 0 Å². The van der Waals surface area contributed by atoms with E-state index in [0.29, 0.717) is 22.4 Å². The molecule has 0 radical (unpaired) electrons. The van der Waals surface area contributed by atoms with Crippen molar-refractivity contribution < 1.29 is 0 Å². The van der Waals surface area contributed by atoms with Crippen molar-refractivity contribution in [3.05, 3.63) is 16.8 Å². The summed E-state index contributed by atoms with van der Waals surface area (Å²) in [6.07, 6.45) is 0. The maximum Gasteiger partial charge on any atom is 0.184 e. The van der Waals surface area contributed by atoms with E-state index < -0.39 is 0 Å². The molecule has 3 N–H and O–H groups in total. The van der Waals surface area contributed by atoms with Gasteiger partial charge in [-0.3, -0.25) is 5.10 Å². The molecule has 0 amide bonds. The molecule has 0 unspecified atom stereocenters. The number of nitriles is 1. The summed E-state index contributed by atoms with van der Waals surface area (Å²) in [7, 11) is 0. The molecule has 0 bridgehead atoms. The highest BCUT2D eigenvalue weighted by Gasteiger charge is 2.13. The summed E-state index contributed by atoms with van der Waals surface area (Å²) in [5.41, 5.74) is 8.38. The molecule has 2 aromatic heterocycles. The lowest BCUT2D eigenvalue weighted by Crippen LogP contribution is -1.94. The average molecular weight is 187 g/mol. The molecule has 0 aliphatic carbocycles. The Morgan fingerprint density at radius 3 is 2.79 bits per heavy atom. The second kappa shape index (κ2) is 2.70. The van der Waals surface area contributed by atoms with Crippen LogP contribution < -0.4 is 5.73 Å². The molecule has 70 valence electrons. The minimum Gasteiger partial charge on any atom is -0.383 e. The Hall–Kier alpha value is -2.09. The Bertz CT molecular complexity index is 546. The summed E-state index contributed by atoms with van der Waals surface area (Å²) in [5, 5.41) is 16.2. The van der Waals surface area contributed by atoms with E-state index in [4.69, 9.17) is 11.0 Å². The van der Waals surface area contributed by atoms with E-state index in [9.17, 15) is 0 Å². The summed E-state index contributed by atoms with van der Waals surface area (Å²) >= 11 is 0. The number of aromatic amines is 1. The monoisotopic (exact) mass is 187 g/mol. The van der Waals surface area contributed by atoms with E-state index in [1.807, 2.05) is 13.8 Å². The SMILES string of the molecule is Cc1nc2n[nH]c(N)c2c(C#N)c1C. The molecule has 14 heavy (non-hydrogen) atoms. The largest absolute Gasteiger partial charge is 0.383 e. The van der Waals surface area contributed by atoms with Crippen LogP contribution in [0.25, 0.3) is 11.0 Å². The number of aryl methyl sites for hydroxylation is 1. The number of anilines is 1. The molecular weight excluding hydrogens is 178 g/mol. The Kier molecular flexibility index (Phi) is 1.64. The van der Waals surface area contributed by atoms with E-state index in [0.717, 1.165) is 11.3 Å². The Morgan fingerprint density at radius 1 is 1.43 bits per heavy atom. The smallest absolute Gasteiger partial charge is 0.184 e. The number of fused-ring (bicyclic) bond motifs is 1. The van der Waals surface area contributed by atoms with Gasteiger partial charge >= 0.3 is 0 Å². The van der Waals surface area contributed by atoms with Gasteiger partial charge in [-0.25, -0.2) is 4.98 Å². The van der Waals surface area contributed by atoms with Crippen LogP contribution in [-0.4, -0.2) is 15.2 Å². The second-order valence-corrected chi connectivity index (χ2v) is 3.14. The Balaban J connectivity index is 3.02. The van der Waals surface area contributed by atoms with Gasteiger partial charge in [0.25, 0.3) is 0 Å². The van der Waals surface area contributed by atoms with Gasteiger partial charge in [0, 0.05) is 5.69 Å². The third-order valence-corrected chi connectivity index (χ3v) is 2.33. The molecule has 0 atom stereocenters. The lowest BCUT2D eigenvalue weighted by molar-refractivity contribution is 1.08. The van der Waals surface area contributed by atoms with Crippen LogP contribution in [0.3, 0.4) is 0 Å². The number of nitrogen functional groups attached to an aromatic ring is 1. The van der Waals surface area contributed by atoms with Gasteiger partial charge in [-0.2, -0.15) is 10.4 Å². The molecule has 0 saturated heterocycles. The Morgan fingerprint density at radius 2 is 2.14 bits per heavy atom. The fourth-order valence-corrected chi connectivity index (χ4v) is 1.42. The first-order valence-electron chi connectivity index (χ1n) is 4.16. The number of rotatable bonds is 0. The molecule has 2 heterocycles. The molecule has 0 saturated carbocycles. The number of nitrogens with one attached hydrogen (secondary N) is 1. The van der Waals surface area contributed by atoms with Gasteiger partial charge < -0.3 is 5.73 Å². The second-order valence-electron chi connectivity index (χ2n) is 3.14. The van der Waals surface area contributed by atoms with Crippen LogP contribution in [0.4, 0.5) is 5.82 Å². The van der Waals surface area contributed by atoms with E-state index in [1.165, 1.54) is 0 Å². The minimum absolute atomic E-state index is 0.396. The van der Waals surface area contributed by atoms with E-state index in [-0.39, 0.29) is 0 Å². The van der Waals surface area contributed by atoms with Gasteiger partial charge in [0.1, 0.15) is 11.9 Å². The Labute approximate surface area is 80.6 Å². The van der Waals surface area contributed by atoms with Crippen molar-refractivity contribution in [2.75, 3.05) is 5.73 Å². The van der Waals surface area contributed by atoms with Crippen molar-refractivity contribution in [3.63, 3.8) is 0 Å². The molecule has 2 rings (SSSR count). The predicted octanol–water partition coefficient (Wildman–Crippen LogP) is 1.03. The highest BCUT2D eigenvalue weighted by molar-refractivity contribution is 5.92. The minimum atomic E-state index is 0.396. The first-order chi connectivity index (χ1) is 6.65. The molecule has 2 aromatic rings. The third kappa shape index (κ3) is 0.941. The van der Waals surface area contributed by atoms with Crippen molar-refractivity contribution >= 4 is 16.9 Å². The van der Waals surface area contributed by atoms with Gasteiger partial charge in [0.05, 0.1) is 10.9 Å². The van der Waals surface area contributed by atoms with E-state index >= 15 is 0 Å². The third-order valence-electron chi connectivity index (χ3n) is 2.33. The van der Waals surface area contributed by atoms with Gasteiger partial charge in [-0.05, 0) is 19.4 Å². The zero-order valence-electron chi connectivity index (χ0n) is 7.92. The fraction of sp³-hybridized carbons (Fsp3) is 0.222. The summed E-state index contributed by atoms with van der Waals surface area (Å²) < 4.78 is 0. The van der Waals surface area contributed by atoms with Crippen LogP contribution in [0.5, 0.6) is 0 Å². The molecule has 5 heteroatoms. The standard InChI is InChI=1S/C9H9N5/c1-4-5(2)12-9-7(6(4)3-10)8(11)13-14-9/h1-2H3,(H3,11,12,13,14). The van der Waals surface area contributed by atoms with Crippen molar-refractivity contribution in [1.82, 2.24) is 15.2 Å². The lowest BCUT2D eigenvalue weighted by atomic mass is 10.1. The molecule has 0 aliphatic rings. The number of H-pyrrole nitrogens is 1. The van der Waals surface area contributed by atoms with Gasteiger partial charge in [0.2, 0.25) is 0 Å². The van der Waals surface area contributed by atoms with Crippen LogP contribution in [0.2, 0.25) is 0 Å². The summed E-state index contributed by atoms with van der Waals surface area (Å²) in [5.74, 6) is 0.396. The number of hydrogen-bond acceptors (Lipinski definition) is 4. The molecule has 0 aromatic carbocycles. The number of pyridine rings is 1. The average Bonchev–Trinajstić information content (AvgIpc) is 2.50. The maximum absolute atomic E-state index is 9.01. The zero-order chi connectivity index (χ0) is 10.3. The molecular formula is C9H9N5. The van der Waals surface area contributed by atoms with E-state index in [1.54, 1.807) is 0 Å². The summed E-state index contributed by atoms with van der Waals surface area (Å²) in [6.45, 7) is 3.70. The van der Waals surface area contributed by atoms with Gasteiger partial charge in [-0.1, -0.05) is 0 Å². The molecule has 5 nitrogen and oxygen atoms in total. The van der Waals surface area contributed by atoms with Crippen molar-refractivity contribution in [1.29, 1.82) is 5.26 Å². The normalized spacial score (nSPS) is 10.4. The zero-order valence-corrected chi connectivity index (χ0v) is 7.92. The van der Waals surface area contributed by atoms with Crippen LogP contribution >= 0.6 is 0 Å². The first kappa shape index (κ1) is 8.51. The lowest BCUT2D eigenvalue weighted by Gasteiger charge is -2.01. The van der Waals surface area contributed by atoms with Gasteiger partial charge in [-0.15, -0.1) is 0 Å². The molecule has 0 spiro atoms. The maximum atomic E-state index is 9.01. The molecule has 0 fully saturated rings. The number of nitrogens with zero attached hydrogens (tertiary/aromatic N) is 3. The number of hydrogen-bond donors (Lipinski definition) is 2. The molecule has 0 aliphatic heterocycles. The van der Waals surface area contributed by atoms with Crippen LogP contribution in [0.15, 0.2) is 0 Å². The summed E-state index contributed by atoms with van der Waals surface area (Å²) in [6, 6.07) is 2.13. The number of aromatic nitrogens is 3. The summed E-state index contributed by atoms with van der Waals surface area (Å²) in [4.78, 5) is 4.23. The van der Waals surface area contributed by atoms with Crippen LogP contribution in [-0.2, 0) is 0 Å². The van der Waals surface area contributed by atoms with Crippen molar-refractivity contribution in [2.45, 2.75) is 13.8 Å². The van der Waals surface area contributed by atoms with E-state index in [2.05, 4.69) is 21.3 Å². The van der Waals surface area contributed by atoms with Crippen LogP contribution in [0.1, 0.15) is 16.8 Å². The quantitative estimate of drug-likeness (QED) is 0.644. The number of nitrogens with two attached hydrogens (primary N) is 1. The van der Waals surface area contributed by atoms with Crippen LogP contribution in [0, 0.1) is 25.2 Å². The van der Waals surface area contributed by atoms with Crippen molar-refractivity contribution in [3.8, 4) is 6.07 Å². The van der Waals surface area contributed by atoms with Gasteiger partial charge in [0.15, 0.2) is 5.65 Å². The highest BCUT2D eigenvalue weighted by Crippen LogP contribution is 2.24. The topological polar surface area (TPSA) is 91.4 Å². The predicted molar refractivity (Wildman–Crippen MR) is 52.5 cm³/mol.